The molecular formula is C22H20F3NO5S2. The van der Waals surface area contributed by atoms with Gasteiger partial charge in [0.2, 0.25) is 0 Å². The number of hydrogen-bond acceptors (Lipinski definition) is 5. The fraction of sp³-hybridized carbons (Fsp3) is 0.182. The van der Waals surface area contributed by atoms with Gasteiger partial charge in [0.15, 0.2) is 0 Å². The molecule has 0 aliphatic heterocycles. The summed E-state index contributed by atoms with van der Waals surface area (Å²) in [6.07, 6.45) is -4.96. The fourth-order valence-electron chi connectivity index (χ4n) is 3.15. The Bertz CT molecular complexity index is 1230. The van der Waals surface area contributed by atoms with E-state index in [0.717, 1.165) is 36.4 Å². The SMILES string of the molecule is COc1cccc(C(CN(S(=O)(=O)c2ccccc2)S(=O)(=O)c2ccccc2)C(F)(F)F)c1. The standard InChI is InChI=1S/C22H20F3NO5S2/c1-31-18-10-8-9-17(15-18)21(22(23,24)25)16-26(32(27,28)19-11-4-2-5-12-19)33(29,30)20-13-6-3-7-14-20/h2-15,21H,16H2,1H3. The summed E-state index contributed by atoms with van der Waals surface area (Å²) >= 11 is 0. The number of ether oxygens (including phenoxy) is 1. The predicted molar refractivity (Wildman–Crippen MR) is 116 cm³/mol. The van der Waals surface area contributed by atoms with E-state index < -0.39 is 48.5 Å². The lowest BCUT2D eigenvalue weighted by atomic mass is 9.98. The first-order valence-corrected chi connectivity index (χ1v) is 12.4. The van der Waals surface area contributed by atoms with Crippen molar-refractivity contribution >= 4 is 20.0 Å². The quantitative estimate of drug-likeness (QED) is 0.458. The minimum atomic E-state index is -4.96. The fourth-order valence-corrected chi connectivity index (χ4v) is 6.86. The minimum absolute atomic E-state index is 0.0811. The molecular weight excluding hydrogens is 479 g/mol. The van der Waals surface area contributed by atoms with Gasteiger partial charge in [-0.15, -0.1) is 0 Å². The molecule has 0 amide bonds. The Morgan fingerprint density at radius 2 is 1.27 bits per heavy atom. The summed E-state index contributed by atoms with van der Waals surface area (Å²) in [5.74, 6) is -2.32. The number of nitrogens with zero attached hydrogens (tertiary/aromatic N) is 1. The number of rotatable bonds is 8. The third-order valence-electron chi connectivity index (χ3n) is 4.84. The minimum Gasteiger partial charge on any atom is -0.497 e. The lowest BCUT2D eigenvalue weighted by Gasteiger charge is -2.28. The van der Waals surface area contributed by atoms with Crippen LogP contribution in [0.4, 0.5) is 13.2 Å². The van der Waals surface area contributed by atoms with Crippen LogP contribution in [0.2, 0.25) is 0 Å². The summed E-state index contributed by atoms with van der Waals surface area (Å²) < 4.78 is 101. The molecule has 0 heterocycles. The molecule has 0 bridgehead atoms. The van der Waals surface area contributed by atoms with E-state index >= 15 is 0 Å². The van der Waals surface area contributed by atoms with E-state index in [1.54, 1.807) is 0 Å². The van der Waals surface area contributed by atoms with E-state index in [1.165, 1.54) is 55.6 Å². The molecule has 0 saturated heterocycles. The largest absolute Gasteiger partial charge is 0.497 e. The van der Waals surface area contributed by atoms with Crippen LogP contribution in [0.1, 0.15) is 11.5 Å². The van der Waals surface area contributed by atoms with Crippen molar-refractivity contribution in [2.24, 2.45) is 0 Å². The van der Waals surface area contributed by atoms with Crippen LogP contribution in [0.15, 0.2) is 94.7 Å². The Balaban J connectivity index is 2.20. The van der Waals surface area contributed by atoms with Crippen molar-refractivity contribution < 1.29 is 34.7 Å². The highest BCUT2D eigenvalue weighted by Gasteiger charge is 2.47. The molecule has 0 radical (unpaired) electrons. The smallest absolute Gasteiger partial charge is 0.397 e. The van der Waals surface area contributed by atoms with Gasteiger partial charge < -0.3 is 4.74 Å². The van der Waals surface area contributed by atoms with E-state index in [0.29, 0.717) is 0 Å². The number of halogens is 3. The highest BCUT2D eigenvalue weighted by Crippen LogP contribution is 2.39. The Kier molecular flexibility index (Phi) is 7.15. The number of alkyl halides is 3. The van der Waals surface area contributed by atoms with Crippen molar-refractivity contribution in [3.05, 3.63) is 90.5 Å². The zero-order chi connectivity index (χ0) is 24.3. The summed E-state index contributed by atoms with van der Waals surface area (Å²) in [5, 5.41) is 0. The van der Waals surface area contributed by atoms with Crippen molar-refractivity contribution in [1.29, 1.82) is 0 Å². The van der Waals surface area contributed by atoms with Crippen molar-refractivity contribution in [1.82, 2.24) is 3.71 Å². The van der Waals surface area contributed by atoms with Crippen molar-refractivity contribution in [2.45, 2.75) is 21.9 Å². The summed E-state index contributed by atoms with van der Waals surface area (Å²) in [7, 11) is -8.47. The molecule has 0 fully saturated rings. The van der Waals surface area contributed by atoms with E-state index in [2.05, 4.69) is 0 Å². The number of benzene rings is 3. The van der Waals surface area contributed by atoms with E-state index in [-0.39, 0.29) is 15.0 Å². The van der Waals surface area contributed by atoms with E-state index in [9.17, 15) is 30.0 Å². The van der Waals surface area contributed by atoms with Gasteiger partial charge in [-0.25, -0.2) is 16.8 Å². The summed E-state index contributed by atoms with van der Waals surface area (Å²) in [6, 6.07) is 17.9. The van der Waals surface area contributed by atoms with Crippen molar-refractivity contribution in [3.8, 4) is 5.75 Å². The molecule has 176 valence electrons. The van der Waals surface area contributed by atoms with Gasteiger partial charge in [-0.3, -0.25) is 0 Å². The van der Waals surface area contributed by atoms with Gasteiger partial charge in [0.05, 0.1) is 22.8 Å². The monoisotopic (exact) mass is 499 g/mol. The number of hydrogen-bond donors (Lipinski definition) is 0. The Labute approximate surface area is 190 Å². The van der Waals surface area contributed by atoms with Crippen LogP contribution in [0.25, 0.3) is 0 Å². The van der Waals surface area contributed by atoms with Crippen LogP contribution >= 0.6 is 0 Å². The third kappa shape index (κ3) is 5.37. The molecule has 3 aromatic rings. The van der Waals surface area contributed by atoms with Gasteiger partial charge in [0.25, 0.3) is 20.0 Å². The topological polar surface area (TPSA) is 80.8 Å². The maximum atomic E-state index is 14.1. The number of sulfonamides is 2. The molecule has 33 heavy (non-hydrogen) atoms. The molecule has 11 heteroatoms. The van der Waals surface area contributed by atoms with Crippen LogP contribution in [0, 0.1) is 0 Å². The van der Waals surface area contributed by atoms with Gasteiger partial charge in [0.1, 0.15) is 5.75 Å². The van der Waals surface area contributed by atoms with Crippen LogP contribution in [-0.2, 0) is 20.0 Å². The van der Waals surface area contributed by atoms with Gasteiger partial charge in [0, 0.05) is 6.54 Å². The Morgan fingerprint density at radius 3 is 1.70 bits per heavy atom. The molecule has 3 rings (SSSR count). The summed E-state index contributed by atoms with van der Waals surface area (Å²) in [5.41, 5.74) is -0.335. The predicted octanol–water partition coefficient (Wildman–Crippen LogP) is 4.42. The van der Waals surface area contributed by atoms with Gasteiger partial charge in [-0.2, -0.15) is 13.2 Å². The number of methoxy groups -OCH3 is 1. The molecule has 3 aromatic carbocycles. The van der Waals surface area contributed by atoms with Gasteiger partial charge in [-0.05, 0) is 42.0 Å². The second-order valence-corrected chi connectivity index (χ2v) is 10.9. The Morgan fingerprint density at radius 1 is 0.788 bits per heavy atom. The second kappa shape index (κ2) is 9.54. The molecule has 0 aromatic heterocycles. The first-order valence-electron chi connectivity index (χ1n) is 9.56. The van der Waals surface area contributed by atoms with E-state index in [4.69, 9.17) is 4.74 Å². The lowest BCUT2D eigenvalue weighted by Crippen LogP contribution is -2.42. The summed E-state index contributed by atoms with van der Waals surface area (Å²) in [6.45, 7) is -1.38. The Hall–Kier alpha value is -2.89. The van der Waals surface area contributed by atoms with Crippen LogP contribution < -0.4 is 4.74 Å². The lowest BCUT2D eigenvalue weighted by molar-refractivity contribution is -0.150. The highest BCUT2D eigenvalue weighted by molar-refractivity contribution is 8.04. The average molecular weight is 500 g/mol. The molecule has 6 nitrogen and oxygen atoms in total. The van der Waals surface area contributed by atoms with Crippen molar-refractivity contribution in [2.75, 3.05) is 13.7 Å². The van der Waals surface area contributed by atoms with E-state index in [1.807, 2.05) is 0 Å². The van der Waals surface area contributed by atoms with Crippen LogP contribution in [-0.4, -0.2) is 40.4 Å². The zero-order valence-electron chi connectivity index (χ0n) is 17.3. The van der Waals surface area contributed by atoms with Crippen LogP contribution in [0.3, 0.4) is 0 Å². The van der Waals surface area contributed by atoms with Crippen molar-refractivity contribution in [3.63, 3.8) is 0 Å². The maximum absolute atomic E-state index is 14.1. The van der Waals surface area contributed by atoms with Gasteiger partial charge in [-0.1, -0.05) is 52.2 Å². The molecule has 0 aliphatic rings. The maximum Gasteiger partial charge on any atom is 0.397 e. The normalized spacial score (nSPS) is 13.6. The first kappa shape index (κ1) is 24.7. The third-order valence-corrected chi connectivity index (χ3v) is 9.12. The molecule has 0 N–H and O–H groups in total. The first-order chi connectivity index (χ1) is 15.5. The average Bonchev–Trinajstić information content (AvgIpc) is 2.79. The second-order valence-electron chi connectivity index (χ2n) is 6.96. The molecule has 0 aliphatic carbocycles. The molecule has 0 spiro atoms. The molecule has 1 unspecified atom stereocenters. The summed E-state index contributed by atoms with van der Waals surface area (Å²) in [4.78, 5) is -0.896. The van der Waals surface area contributed by atoms with Gasteiger partial charge >= 0.3 is 6.18 Å². The highest BCUT2D eigenvalue weighted by atomic mass is 32.3. The van der Waals surface area contributed by atoms with Crippen LogP contribution in [0.5, 0.6) is 5.75 Å². The zero-order valence-corrected chi connectivity index (χ0v) is 18.9. The molecule has 1 atom stereocenters. The molecule has 0 saturated carbocycles.